The molecule has 1 aliphatic carbocycles. The van der Waals surface area contributed by atoms with Crippen LogP contribution < -0.4 is 0 Å². The largest absolute Gasteiger partial charge is 0.481 e. The second kappa shape index (κ2) is 7.99. The predicted molar refractivity (Wildman–Crippen MR) is 91.0 cm³/mol. The van der Waals surface area contributed by atoms with Crippen LogP contribution in [0.25, 0.3) is 0 Å². The zero-order chi connectivity index (χ0) is 17.0. The summed E-state index contributed by atoms with van der Waals surface area (Å²) in [6.07, 6.45) is 6.09. The Labute approximate surface area is 140 Å². The Morgan fingerprint density at radius 1 is 1.22 bits per heavy atom. The van der Waals surface area contributed by atoms with E-state index in [4.69, 9.17) is 10.0 Å². The molecule has 0 radical (unpaired) electrons. The molecule has 3 atom stereocenters. The molecule has 2 fully saturated rings. The van der Waals surface area contributed by atoms with Gasteiger partial charge in [-0.1, -0.05) is 26.7 Å². The maximum absolute atomic E-state index is 11.7. The summed E-state index contributed by atoms with van der Waals surface area (Å²) in [5, 5.41) is 27.6. The maximum Gasteiger partial charge on any atom is 0.451 e. The quantitative estimate of drug-likeness (QED) is 0.652. The molecule has 2 rings (SSSR count). The van der Waals surface area contributed by atoms with Crippen molar-refractivity contribution in [1.29, 1.82) is 0 Å². The van der Waals surface area contributed by atoms with E-state index in [9.17, 15) is 9.90 Å². The van der Waals surface area contributed by atoms with Gasteiger partial charge in [-0.15, -0.1) is 0 Å². The molecule has 23 heavy (non-hydrogen) atoms. The van der Waals surface area contributed by atoms with Crippen LogP contribution in [0.2, 0.25) is 6.32 Å². The normalized spacial score (nSPS) is 31.7. The molecule has 0 amide bonds. The summed E-state index contributed by atoms with van der Waals surface area (Å²) in [6.45, 7) is 7.69. The molecule has 0 bridgehead atoms. The average Bonchev–Trinajstić information content (AvgIpc) is 2.48. The summed E-state index contributed by atoms with van der Waals surface area (Å²) in [5.74, 6) is -0.403. The Morgan fingerprint density at radius 2 is 1.87 bits per heavy atom. The van der Waals surface area contributed by atoms with Gasteiger partial charge in [-0.05, 0) is 62.3 Å². The zero-order valence-electron chi connectivity index (χ0n) is 14.6. The molecule has 0 aromatic rings. The van der Waals surface area contributed by atoms with Crippen molar-refractivity contribution in [3.63, 3.8) is 0 Å². The van der Waals surface area contributed by atoms with Crippen molar-refractivity contribution in [2.45, 2.75) is 58.7 Å². The van der Waals surface area contributed by atoms with Crippen LogP contribution in [0.5, 0.6) is 0 Å². The van der Waals surface area contributed by atoms with Crippen molar-refractivity contribution in [2.24, 2.45) is 23.2 Å². The Kier molecular flexibility index (Phi) is 6.52. The summed E-state index contributed by atoms with van der Waals surface area (Å²) in [7, 11) is -1.27. The minimum atomic E-state index is -1.27. The smallest absolute Gasteiger partial charge is 0.451 e. The molecule has 1 aliphatic heterocycles. The zero-order valence-corrected chi connectivity index (χ0v) is 14.6. The Balaban J connectivity index is 1.85. The molecule has 3 N–H and O–H groups in total. The number of carbonyl (C=O) groups is 1. The number of carboxylic acid groups (broad SMARTS) is 1. The first-order valence-electron chi connectivity index (χ1n) is 9.08. The van der Waals surface area contributed by atoms with Gasteiger partial charge in [0.1, 0.15) is 0 Å². The third-order valence-electron chi connectivity index (χ3n) is 5.95. The van der Waals surface area contributed by atoms with Gasteiger partial charge in [-0.25, -0.2) is 0 Å². The summed E-state index contributed by atoms with van der Waals surface area (Å²) in [5.41, 5.74) is 0.422. The minimum Gasteiger partial charge on any atom is -0.481 e. The van der Waals surface area contributed by atoms with E-state index in [0.717, 1.165) is 32.5 Å². The molecule has 1 saturated heterocycles. The predicted octanol–water partition coefficient (Wildman–Crippen LogP) is 2.09. The molecule has 1 heterocycles. The topological polar surface area (TPSA) is 81.0 Å². The minimum absolute atomic E-state index is 0.240. The van der Waals surface area contributed by atoms with Crippen molar-refractivity contribution < 1.29 is 19.9 Å². The molecule has 5 nitrogen and oxygen atoms in total. The standard InChI is InChI=1S/C17H32BNO4/c1-17(2)6-9-19(10-7-17)12-14-4-3-13(5-8-18(22)23)11-15(14)16(20)21/h13-15,22-23H,3-12H2,1-2H3,(H,20,21)/t13?,14?,15-/m0/s1. The lowest BCUT2D eigenvalue weighted by molar-refractivity contribution is -0.146. The third-order valence-corrected chi connectivity index (χ3v) is 5.95. The van der Waals surface area contributed by atoms with Crippen LogP contribution >= 0.6 is 0 Å². The van der Waals surface area contributed by atoms with Crippen LogP contribution in [-0.4, -0.2) is 52.8 Å². The summed E-state index contributed by atoms with van der Waals surface area (Å²) in [6, 6.07) is 0. The average molecular weight is 325 g/mol. The van der Waals surface area contributed by atoms with E-state index in [1.165, 1.54) is 12.8 Å². The first kappa shape index (κ1) is 18.7. The lowest BCUT2D eigenvalue weighted by Gasteiger charge is -2.41. The van der Waals surface area contributed by atoms with Gasteiger partial charge in [0.25, 0.3) is 0 Å². The molecular weight excluding hydrogens is 293 g/mol. The fraction of sp³-hybridized carbons (Fsp3) is 0.941. The lowest BCUT2D eigenvalue weighted by atomic mass is 9.69. The number of nitrogens with zero attached hydrogens (tertiary/aromatic N) is 1. The molecular formula is C17H32BNO4. The summed E-state index contributed by atoms with van der Waals surface area (Å²) >= 11 is 0. The Bertz CT molecular complexity index is 392. The Hall–Kier alpha value is -0.585. The molecule has 0 spiro atoms. The van der Waals surface area contributed by atoms with Gasteiger partial charge >= 0.3 is 13.1 Å². The highest BCUT2D eigenvalue weighted by Gasteiger charge is 2.37. The van der Waals surface area contributed by atoms with Crippen molar-refractivity contribution >= 4 is 13.1 Å². The van der Waals surface area contributed by atoms with Crippen molar-refractivity contribution in [3.8, 4) is 0 Å². The highest BCUT2D eigenvalue weighted by atomic mass is 16.4. The Morgan fingerprint density at radius 3 is 2.43 bits per heavy atom. The monoisotopic (exact) mass is 325 g/mol. The summed E-state index contributed by atoms with van der Waals surface area (Å²) < 4.78 is 0. The third kappa shape index (κ3) is 5.77. The fourth-order valence-electron chi connectivity index (χ4n) is 4.16. The molecule has 6 heteroatoms. The van der Waals surface area contributed by atoms with Gasteiger partial charge in [0, 0.05) is 6.54 Å². The van der Waals surface area contributed by atoms with E-state index in [2.05, 4.69) is 18.7 Å². The van der Waals surface area contributed by atoms with Crippen LogP contribution in [-0.2, 0) is 4.79 Å². The van der Waals surface area contributed by atoms with Gasteiger partial charge in [0.05, 0.1) is 5.92 Å². The number of rotatable bonds is 6. The fourth-order valence-corrected chi connectivity index (χ4v) is 4.16. The van der Waals surface area contributed by atoms with E-state index in [-0.39, 0.29) is 11.8 Å². The number of hydrogen-bond donors (Lipinski definition) is 3. The highest BCUT2D eigenvalue weighted by molar-refractivity contribution is 6.40. The van der Waals surface area contributed by atoms with E-state index in [1.807, 2.05) is 0 Å². The van der Waals surface area contributed by atoms with E-state index in [1.54, 1.807) is 0 Å². The first-order chi connectivity index (χ1) is 10.8. The molecule has 2 aliphatic rings. The van der Waals surface area contributed by atoms with Gasteiger partial charge in [0.15, 0.2) is 0 Å². The van der Waals surface area contributed by atoms with Crippen LogP contribution in [0.15, 0.2) is 0 Å². The number of aliphatic carboxylic acids is 1. The van der Waals surface area contributed by atoms with Crippen molar-refractivity contribution in [3.05, 3.63) is 0 Å². The number of hydrogen-bond acceptors (Lipinski definition) is 4. The second-order valence-electron chi connectivity index (χ2n) is 8.41. The molecule has 0 aromatic heterocycles. The van der Waals surface area contributed by atoms with Gasteiger partial charge in [-0.2, -0.15) is 0 Å². The number of likely N-dealkylation sites (tertiary alicyclic amines) is 1. The van der Waals surface area contributed by atoms with Crippen LogP contribution in [0.4, 0.5) is 0 Å². The molecule has 1 saturated carbocycles. The van der Waals surface area contributed by atoms with Crippen molar-refractivity contribution in [1.82, 2.24) is 4.90 Å². The highest BCUT2D eigenvalue weighted by Crippen LogP contribution is 2.38. The molecule has 132 valence electrons. The van der Waals surface area contributed by atoms with E-state index >= 15 is 0 Å². The lowest BCUT2D eigenvalue weighted by Crippen LogP contribution is -2.43. The number of carboxylic acids is 1. The molecule has 2 unspecified atom stereocenters. The van der Waals surface area contributed by atoms with Crippen LogP contribution in [0.1, 0.15) is 52.4 Å². The molecule has 0 aromatic carbocycles. The van der Waals surface area contributed by atoms with E-state index in [0.29, 0.717) is 30.5 Å². The van der Waals surface area contributed by atoms with E-state index < -0.39 is 13.1 Å². The van der Waals surface area contributed by atoms with Gasteiger partial charge in [-0.3, -0.25) is 4.79 Å². The van der Waals surface area contributed by atoms with Crippen LogP contribution in [0.3, 0.4) is 0 Å². The number of piperidine rings is 1. The maximum atomic E-state index is 11.7. The van der Waals surface area contributed by atoms with Crippen molar-refractivity contribution in [2.75, 3.05) is 19.6 Å². The van der Waals surface area contributed by atoms with Crippen LogP contribution in [0, 0.1) is 23.2 Å². The second-order valence-corrected chi connectivity index (χ2v) is 8.41. The van der Waals surface area contributed by atoms with Gasteiger partial charge in [0.2, 0.25) is 0 Å². The first-order valence-corrected chi connectivity index (χ1v) is 9.08. The summed E-state index contributed by atoms with van der Waals surface area (Å²) in [4.78, 5) is 14.1. The van der Waals surface area contributed by atoms with Gasteiger partial charge < -0.3 is 20.1 Å². The SMILES string of the molecule is CC1(C)CCN(CC2CCC(CCB(O)O)C[C@@H]2C(=O)O)CC1.